The van der Waals surface area contributed by atoms with Crippen molar-refractivity contribution in [2.24, 2.45) is 5.92 Å². The van der Waals surface area contributed by atoms with E-state index in [9.17, 15) is 0 Å². The highest BCUT2D eigenvalue weighted by Crippen LogP contribution is 2.23. The van der Waals surface area contributed by atoms with Crippen LogP contribution >= 0.6 is 0 Å². The molecule has 3 heteroatoms. The topological polar surface area (TPSA) is 24.5 Å². The van der Waals surface area contributed by atoms with Crippen LogP contribution in [0.3, 0.4) is 0 Å². The van der Waals surface area contributed by atoms with Crippen LogP contribution in [-0.4, -0.2) is 49.8 Å². The first kappa shape index (κ1) is 13.3. The predicted molar refractivity (Wildman–Crippen MR) is 71.3 cm³/mol. The Balaban J connectivity index is 1.65. The number of piperidine rings is 1. The van der Waals surface area contributed by atoms with Crippen molar-refractivity contribution in [2.45, 2.75) is 51.7 Å². The van der Waals surface area contributed by atoms with E-state index in [0.29, 0.717) is 6.10 Å². The van der Waals surface area contributed by atoms with Crippen molar-refractivity contribution in [3.05, 3.63) is 0 Å². The third kappa shape index (κ3) is 3.94. The van der Waals surface area contributed by atoms with Gasteiger partial charge in [-0.1, -0.05) is 6.92 Å². The van der Waals surface area contributed by atoms with E-state index in [1.54, 1.807) is 0 Å². The van der Waals surface area contributed by atoms with Gasteiger partial charge in [0.2, 0.25) is 0 Å². The van der Waals surface area contributed by atoms with E-state index in [-0.39, 0.29) is 0 Å². The standard InChI is InChI=1S/C14H28N2O/c1-3-7-15-14-4-8-16(9-5-14)11-13-6-10-17-12(13)2/h12-15H,3-11H2,1-2H3. The Hall–Kier alpha value is -0.120. The van der Waals surface area contributed by atoms with Gasteiger partial charge in [-0.3, -0.25) is 0 Å². The normalized spacial score (nSPS) is 32.1. The smallest absolute Gasteiger partial charge is 0.0588 e. The Morgan fingerprint density at radius 2 is 2.00 bits per heavy atom. The SMILES string of the molecule is CCCNC1CCN(CC2CCOC2C)CC1. The summed E-state index contributed by atoms with van der Waals surface area (Å²) < 4.78 is 5.64. The fourth-order valence-corrected chi connectivity index (χ4v) is 3.02. The molecule has 0 aromatic carbocycles. The molecular weight excluding hydrogens is 212 g/mol. The molecule has 0 bridgehead atoms. The molecule has 1 N–H and O–H groups in total. The lowest BCUT2D eigenvalue weighted by atomic mass is 9.99. The average molecular weight is 240 g/mol. The highest BCUT2D eigenvalue weighted by Gasteiger charge is 2.27. The second kappa shape index (κ2) is 6.72. The van der Waals surface area contributed by atoms with Crippen LogP contribution in [0.15, 0.2) is 0 Å². The Kier molecular flexibility index (Phi) is 5.26. The van der Waals surface area contributed by atoms with E-state index in [4.69, 9.17) is 4.74 Å². The quantitative estimate of drug-likeness (QED) is 0.794. The second-order valence-corrected chi connectivity index (χ2v) is 5.65. The van der Waals surface area contributed by atoms with Gasteiger partial charge in [-0.15, -0.1) is 0 Å². The number of nitrogens with one attached hydrogen (secondary N) is 1. The number of likely N-dealkylation sites (tertiary alicyclic amines) is 1. The van der Waals surface area contributed by atoms with Gasteiger partial charge in [0.1, 0.15) is 0 Å². The van der Waals surface area contributed by atoms with Gasteiger partial charge in [0.25, 0.3) is 0 Å². The van der Waals surface area contributed by atoms with Crippen molar-refractivity contribution in [1.82, 2.24) is 10.2 Å². The number of ether oxygens (including phenoxy) is 1. The summed E-state index contributed by atoms with van der Waals surface area (Å²) >= 11 is 0. The number of hydrogen-bond acceptors (Lipinski definition) is 3. The van der Waals surface area contributed by atoms with Gasteiger partial charge in [0, 0.05) is 19.2 Å². The lowest BCUT2D eigenvalue weighted by molar-refractivity contribution is 0.0863. The minimum atomic E-state index is 0.478. The third-order valence-corrected chi connectivity index (χ3v) is 4.30. The molecule has 2 fully saturated rings. The van der Waals surface area contributed by atoms with Gasteiger partial charge >= 0.3 is 0 Å². The maximum atomic E-state index is 5.64. The largest absolute Gasteiger partial charge is 0.378 e. The lowest BCUT2D eigenvalue weighted by Gasteiger charge is -2.34. The molecule has 0 radical (unpaired) electrons. The summed E-state index contributed by atoms with van der Waals surface area (Å²) in [5.41, 5.74) is 0. The van der Waals surface area contributed by atoms with Crippen LogP contribution in [0, 0.1) is 5.92 Å². The molecule has 3 nitrogen and oxygen atoms in total. The first-order valence-corrected chi connectivity index (χ1v) is 7.37. The molecule has 2 unspecified atom stereocenters. The van der Waals surface area contributed by atoms with Crippen molar-refractivity contribution in [3.8, 4) is 0 Å². The van der Waals surface area contributed by atoms with Gasteiger partial charge in [-0.25, -0.2) is 0 Å². The van der Waals surface area contributed by atoms with Gasteiger partial charge < -0.3 is 15.0 Å². The molecule has 2 aliphatic heterocycles. The van der Waals surface area contributed by atoms with Gasteiger partial charge in [-0.2, -0.15) is 0 Å². The molecule has 17 heavy (non-hydrogen) atoms. The zero-order valence-corrected chi connectivity index (χ0v) is 11.5. The zero-order valence-electron chi connectivity index (χ0n) is 11.5. The molecular formula is C14H28N2O. The second-order valence-electron chi connectivity index (χ2n) is 5.65. The van der Waals surface area contributed by atoms with Crippen molar-refractivity contribution in [1.29, 1.82) is 0 Å². The zero-order chi connectivity index (χ0) is 12.1. The van der Waals surface area contributed by atoms with Crippen LogP contribution in [0.4, 0.5) is 0 Å². The van der Waals surface area contributed by atoms with E-state index in [1.807, 2.05) is 0 Å². The molecule has 2 heterocycles. The maximum absolute atomic E-state index is 5.64. The van der Waals surface area contributed by atoms with Gasteiger partial charge in [0.15, 0.2) is 0 Å². The maximum Gasteiger partial charge on any atom is 0.0588 e. The highest BCUT2D eigenvalue weighted by molar-refractivity contribution is 4.81. The van der Waals surface area contributed by atoms with E-state index in [2.05, 4.69) is 24.1 Å². The Bertz CT molecular complexity index is 214. The Morgan fingerprint density at radius 1 is 1.24 bits per heavy atom. The molecule has 0 aliphatic carbocycles. The molecule has 0 amide bonds. The van der Waals surface area contributed by atoms with E-state index in [1.165, 1.54) is 51.9 Å². The molecule has 2 rings (SSSR count). The lowest BCUT2D eigenvalue weighted by Crippen LogP contribution is -2.44. The molecule has 100 valence electrons. The van der Waals surface area contributed by atoms with Crippen LogP contribution < -0.4 is 5.32 Å². The summed E-state index contributed by atoms with van der Waals surface area (Å²) in [4.78, 5) is 2.64. The minimum absolute atomic E-state index is 0.478. The molecule has 2 saturated heterocycles. The summed E-state index contributed by atoms with van der Waals surface area (Å²) in [5, 5.41) is 3.64. The molecule has 0 spiro atoms. The van der Waals surface area contributed by atoms with E-state index >= 15 is 0 Å². The summed E-state index contributed by atoms with van der Waals surface area (Å²) in [7, 11) is 0. The monoisotopic (exact) mass is 240 g/mol. The van der Waals surface area contributed by atoms with Crippen LogP contribution in [0.25, 0.3) is 0 Å². The Morgan fingerprint density at radius 3 is 2.59 bits per heavy atom. The highest BCUT2D eigenvalue weighted by atomic mass is 16.5. The molecule has 2 atom stereocenters. The first-order valence-electron chi connectivity index (χ1n) is 7.37. The predicted octanol–water partition coefficient (Wildman–Crippen LogP) is 1.88. The number of hydrogen-bond donors (Lipinski definition) is 1. The van der Waals surface area contributed by atoms with Crippen molar-refractivity contribution < 1.29 is 4.74 Å². The van der Waals surface area contributed by atoms with Gasteiger partial charge in [0.05, 0.1) is 6.10 Å². The molecule has 0 saturated carbocycles. The Labute approximate surface area is 106 Å². The summed E-state index contributed by atoms with van der Waals surface area (Å²) in [5.74, 6) is 0.773. The number of rotatable bonds is 5. The number of nitrogens with zero attached hydrogens (tertiary/aromatic N) is 1. The van der Waals surface area contributed by atoms with E-state index < -0.39 is 0 Å². The summed E-state index contributed by atoms with van der Waals surface area (Å²) in [6.07, 6.45) is 5.63. The van der Waals surface area contributed by atoms with E-state index in [0.717, 1.165) is 18.6 Å². The first-order chi connectivity index (χ1) is 8.29. The summed E-state index contributed by atoms with van der Waals surface area (Å²) in [6, 6.07) is 0.767. The van der Waals surface area contributed by atoms with Crippen LogP contribution in [0.2, 0.25) is 0 Å². The van der Waals surface area contributed by atoms with Crippen molar-refractivity contribution in [3.63, 3.8) is 0 Å². The van der Waals surface area contributed by atoms with Crippen LogP contribution in [0.5, 0.6) is 0 Å². The minimum Gasteiger partial charge on any atom is -0.378 e. The molecule has 0 aromatic rings. The van der Waals surface area contributed by atoms with Crippen molar-refractivity contribution in [2.75, 3.05) is 32.8 Å². The third-order valence-electron chi connectivity index (χ3n) is 4.30. The molecule has 0 aromatic heterocycles. The molecule has 2 aliphatic rings. The van der Waals surface area contributed by atoms with Crippen molar-refractivity contribution >= 4 is 0 Å². The van der Waals surface area contributed by atoms with Gasteiger partial charge in [-0.05, 0) is 58.2 Å². The fourth-order valence-electron chi connectivity index (χ4n) is 3.02. The van der Waals surface area contributed by atoms with Crippen LogP contribution in [-0.2, 0) is 4.74 Å². The summed E-state index contributed by atoms with van der Waals surface area (Å²) in [6.45, 7) is 10.4. The van der Waals surface area contributed by atoms with Crippen LogP contribution in [0.1, 0.15) is 39.5 Å². The average Bonchev–Trinajstić information content (AvgIpc) is 2.74. The fraction of sp³-hybridized carbons (Fsp3) is 1.00.